The van der Waals surface area contributed by atoms with Crippen LogP contribution in [0.1, 0.15) is 52.4 Å². The Hall–Kier alpha value is -0.150. The normalized spacial score (nSPS) is 19.4. The minimum absolute atomic E-state index is 0.0290. The molecule has 0 saturated carbocycles. The molecule has 1 aliphatic rings. The third-order valence-corrected chi connectivity index (χ3v) is 4.19. The van der Waals surface area contributed by atoms with E-state index in [1.54, 1.807) is 0 Å². The minimum Gasteiger partial charge on any atom is -0.393 e. The molecule has 3 heteroatoms. The van der Waals surface area contributed by atoms with Crippen molar-refractivity contribution in [2.45, 2.75) is 52.4 Å². The van der Waals surface area contributed by atoms with E-state index in [1.807, 2.05) is 0 Å². The highest BCUT2D eigenvalue weighted by Gasteiger charge is 2.21. The van der Waals surface area contributed by atoms with Crippen molar-refractivity contribution in [2.24, 2.45) is 11.1 Å². The predicted octanol–water partition coefficient (Wildman–Crippen LogP) is 2.95. The molecule has 0 aromatic rings. The molecule has 0 aromatic carbocycles. The van der Waals surface area contributed by atoms with Crippen molar-refractivity contribution in [3.05, 3.63) is 0 Å². The lowest BCUT2D eigenvalue weighted by Crippen LogP contribution is -2.32. The van der Waals surface area contributed by atoms with Crippen LogP contribution in [0.15, 0.2) is 0 Å². The Bertz CT molecular complexity index is 218. The Labute approximate surface area is 106 Å². The Morgan fingerprint density at radius 2 is 1.75 bits per heavy atom. The summed E-state index contributed by atoms with van der Waals surface area (Å²) in [7, 11) is 0. The third-order valence-electron chi connectivity index (χ3n) is 3.64. The third kappa shape index (κ3) is 4.79. The van der Waals surface area contributed by atoms with Crippen LogP contribution in [0, 0.1) is 5.41 Å². The number of nitrogens with zero attached hydrogens (tertiary/aromatic N) is 1. The summed E-state index contributed by atoms with van der Waals surface area (Å²) in [5.74, 6) is 0. The van der Waals surface area contributed by atoms with E-state index in [9.17, 15) is 0 Å². The smallest absolute Gasteiger partial charge is 0.0784 e. The van der Waals surface area contributed by atoms with Crippen LogP contribution in [0.3, 0.4) is 0 Å². The highest BCUT2D eigenvalue weighted by atomic mass is 32.1. The van der Waals surface area contributed by atoms with Gasteiger partial charge in [-0.25, -0.2) is 0 Å². The molecule has 0 spiro atoms. The van der Waals surface area contributed by atoms with E-state index >= 15 is 0 Å². The first-order valence-corrected chi connectivity index (χ1v) is 6.95. The van der Waals surface area contributed by atoms with E-state index in [2.05, 4.69) is 18.7 Å². The molecule has 1 aliphatic heterocycles. The van der Waals surface area contributed by atoms with E-state index in [0.717, 1.165) is 6.42 Å². The largest absolute Gasteiger partial charge is 0.393 e. The fourth-order valence-corrected chi connectivity index (χ4v) is 2.33. The zero-order chi connectivity index (χ0) is 12.0. The number of hydrogen-bond acceptors (Lipinski definition) is 2. The molecule has 0 radical (unpaired) electrons. The van der Waals surface area contributed by atoms with E-state index < -0.39 is 0 Å². The van der Waals surface area contributed by atoms with Crippen molar-refractivity contribution >= 4 is 17.2 Å². The zero-order valence-electron chi connectivity index (χ0n) is 10.8. The lowest BCUT2D eigenvalue weighted by atomic mass is 9.88. The Balaban J connectivity index is 2.21. The van der Waals surface area contributed by atoms with Crippen molar-refractivity contribution in [1.29, 1.82) is 0 Å². The summed E-state index contributed by atoms with van der Waals surface area (Å²) in [6.45, 7) is 8.09. The number of thiocarbonyl (C=S) groups is 1. The SMILES string of the molecule is CC(C)(CCCN1CCCCCC1)C(N)=S. The topological polar surface area (TPSA) is 29.3 Å². The highest BCUT2D eigenvalue weighted by molar-refractivity contribution is 7.80. The number of nitrogens with two attached hydrogens (primary N) is 1. The molecular weight excluding hydrogens is 216 g/mol. The van der Waals surface area contributed by atoms with Gasteiger partial charge in [-0.15, -0.1) is 0 Å². The van der Waals surface area contributed by atoms with Crippen LogP contribution >= 0.6 is 12.2 Å². The van der Waals surface area contributed by atoms with Gasteiger partial charge < -0.3 is 10.6 Å². The molecule has 0 aliphatic carbocycles. The molecule has 0 bridgehead atoms. The molecule has 2 nitrogen and oxygen atoms in total. The number of rotatable bonds is 5. The van der Waals surface area contributed by atoms with Gasteiger partial charge in [0.1, 0.15) is 0 Å². The van der Waals surface area contributed by atoms with Crippen molar-refractivity contribution in [2.75, 3.05) is 19.6 Å². The molecule has 1 saturated heterocycles. The van der Waals surface area contributed by atoms with Gasteiger partial charge in [0.25, 0.3) is 0 Å². The van der Waals surface area contributed by atoms with Crippen LogP contribution in [0.5, 0.6) is 0 Å². The van der Waals surface area contributed by atoms with Gasteiger partial charge in [-0.05, 0) is 45.3 Å². The van der Waals surface area contributed by atoms with Gasteiger partial charge in [0.05, 0.1) is 4.99 Å². The Morgan fingerprint density at radius 1 is 1.19 bits per heavy atom. The number of likely N-dealkylation sites (tertiary alicyclic amines) is 1. The van der Waals surface area contributed by atoms with E-state index in [-0.39, 0.29) is 5.41 Å². The van der Waals surface area contributed by atoms with Crippen molar-refractivity contribution in [3.63, 3.8) is 0 Å². The molecule has 1 fully saturated rings. The predicted molar refractivity (Wildman–Crippen MR) is 74.7 cm³/mol. The van der Waals surface area contributed by atoms with Gasteiger partial charge in [-0.3, -0.25) is 0 Å². The summed E-state index contributed by atoms with van der Waals surface area (Å²) >= 11 is 5.09. The van der Waals surface area contributed by atoms with Crippen LogP contribution in [0.2, 0.25) is 0 Å². The van der Waals surface area contributed by atoms with E-state index in [4.69, 9.17) is 18.0 Å². The van der Waals surface area contributed by atoms with Gasteiger partial charge in [0.15, 0.2) is 0 Å². The van der Waals surface area contributed by atoms with Gasteiger partial charge >= 0.3 is 0 Å². The number of hydrogen-bond donors (Lipinski definition) is 1. The molecule has 0 aromatic heterocycles. The maximum atomic E-state index is 5.73. The lowest BCUT2D eigenvalue weighted by Gasteiger charge is -2.25. The van der Waals surface area contributed by atoms with Crippen LogP contribution in [-0.4, -0.2) is 29.5 Å². The summed E-state index contributed by atoms with van der Waals surface area (Å²) in [5.41, 5.74) is 5.76. The molecule has 1 rings (SSSR count). The van der Waals surface area contributed by atoms with E-state index in [1.165, 1.54) is 51.7 Å². The van der Waals surface area contributed by atoms with Crippen LogP contribution in [-0.2, 0) is 0 Å². The average Bonchev–Trinajstić information content (AvgIpc) is 2.46. The first-order valence-electron chi connectivity index (χ1n) is 6.55. The molecule has 16 heavy (non-hydrogen) atoms. The zero-order valence-corrected chi connectivity index (χ0v) is 11.6. The molecule has 1 heterocycles. The molecule has 2 N–H and O–H groups in total. The van der Waals surface area contributed by atoms with Crippen molar-refractivity contribution in [3.8, 4) is 0 Å². The summed E-state index contributed by atoms with van der Waals surface area (Å²) in [6.07, 6.45) is 7.89. The van der Waals surface area contributed by atoms with Gasteiger partial charge in [-0.2, -0.15) is 0 Å². The molecule has 0 amide bonds. The summed E-state index contributed by atoms with van der Waals surface area (Å²) in [5, 5.41) is 0. The average molecular weight is 242 g/mol. The molecular formula is C13H26N2S. The fraction of sp³-hybridized carbons (Fsp3) is 0.923. The summed E-state index contributed by atoms with van der Waals surface area (Å²) < 4.78 is 0. The maximum absolute atomic E-state index is 5.73. The van der Waals surface area contributed by atoms with E-state index in [0.29, 0.717) is 4.99 Å². The Morgan fingerprint density at radius 3 is 2.25 bits per heavy atom. The second-order valence-electron chi connectivity index (χ2n) is 5.61. The molecule has 0 unspecified atom stereocenters. The van der Waals surface area contributed by atoms with Crippen LogP contribution in [0.25, 0.3) is 0 Å². The van der Waals surface area contributed by atoms with Crippen molar-refractivity contribution in [1.82, 2.24) is 4.90 Å². The van der Waals surface area contributed by atoms with Gasteiger partial charge in [0, 0.05) is 5.41 Å². The first-order chi connectivity index (χ1) is 7.52. The lowest BCUT2D eigenvalue weighted by molar-refractivity contribution is 0.267. The van der Waals surface area contributed by atoms with Crippen LogP contribution in [0.4, 0.5) is 0 Å². The van der Waals surface area contributed by atoms with Gasteiger partial charge in [-0.1, -0.05) is 38.9 Å². The fourth-order valence-electron chi connectivity index (χ4n) is 2.23. The van der Waals surface area contributed by atoms with Crippen molar-refractivity contribution < 1.29 is 0 Å². The first kappa shape index (κ1) is 13.9. The Kier molecular flexibility index (Phi) is 5.70. The summed E-state index contributed by atoms with van der Waals surface area (Å²) in [4.78, 5) is 3.26. The van der Waals surface area contributed by atoms with Gasteiger partial charge in [0.2, 0.25) is 0 Å². The second-order valence-corrected chi connectivity index (χ2v) is 6.05. The summed E-state index contributed by atoms with van der Waals surface area (Å²) in [6, 6.07) is 0. The highest BCUT2D eigenvalue weighted by Crippen LogP contribution is 2.23. The second kappa shape index (κ2) is 6.55. The quantitative estimate of drug-likeness (QED) is 0.752. The molecule has 0 atom stereocenters. The molecule has 94 valence electrons. The minimum atomic E-state index is 0.0290. The standard InChI is InChI=1S/C13H26N2S/c1-13(2,12(14)16)8-7-11-15-9-5-3-4-6-10-15/h3-11H2,1-2H3,(H2,14,16). The van der Waals surface area contributed by atoms with Crippen LogP contribution < -0.4 is 5.73 Å². The monoisotopic (exact) mass is 242 g/mol. The maximum Gasteiger partial charge on any atom is 0.0784 e.